The number of hydrogen-bond donors (Lipinski definition) is 1. The molecule has 0 aromatic heterocycles. The van der Waals surface area contributed by atoms with Crippen LogP contribution < -0.4 is 15.0 Å². The molecule has 0 amide bonds. The smallest absolute Gasteiger partial charge is 0.231 e. The normalized spacial score (nSPS) is 13.2. The van der Waals surface area contributed by atoms with Crippen molar-refractivity contribution in [3.8, 4) is 11.5 Å². The molecule has 0 radical (unpaired) electrons. The van der Waals surface area contributed by atoms with Gasteiger partial charge in [-0.1, -0.05) is 6.92 Å². The lowest BCUT2D eigenvalue weighted by atomic mass is 10.0. The van der Waals surface area contributed by atoms with Crippen LogP contribution in [-0.2, 0) is 17.8 Å². The summed E-state index contributed by atoms with van der Waals surface area (Å²) in [5, 5.41) is 0. The Labute approximate surface area is 103 Å². The molecule has 0 unspecified atom stereocenters. The van der Waals surface area contributed by atoms with Gasteiger partial charge in [0.15, 0.2) is 11.5 Å². The molecular formula is C11H14BrNO3. The molecule has 0 spiro atoms. The Morgan fingerprint density at radius 2 is 2.31 bits per heavy atom. The summed E-state index contributed by atoms with van der Waals surface area (Å²) in [5.74, 6) is 1.59. The third kappa shape index (κ3) is 2.03. The molecule has 0 saturated carbocycles. The van der Waals surface area contributed by atoms with E-state index in [0.717, 1.165) is 28.0 Å². The van der Waals surface area contributed by atoms with Crippen molar-refractivity contribution in [1.29, 1.82) is 0 Å². The van der Waals surface area contributed by atoms with E-state index in [1.54, 1.807) is 7.11 Å². The number of halogens is 1. The SMILES string of the molecule is CCc1c(CNOC)cc2c(c1Br)OCO2. The van der Waals surface area contributed by atoms with Gasteiger partial charge in [-0.3, -0.25) is 0 Å². The van der Waals surface area contributed by atoms with Crippen molar-refractivity contribution in [3.05, 3.63) is 21.7 Å². The predicted octanol–water partition coefficient (Wildman–Crippen LogP) is 2.39. The summed E-state index contributed by atoms with van der Waals surface area (Å²) in [4.78, 5) is 4.87. The summed E-state index contributed by atoms with van der Waals surface area (Å²) in [6, 6.07) is 2.00. The average molecular weight is 288 g/mol. The zero-order valence-electron chi connectivity index (χ0n) is 9.30. The molecule has 5 heteroatoms. The minimum absolute atomic E-state index is 0.290. The fraction of sp³-hybridized carbons (Fsp3) is 0.455. The Kier molecular flexibility index (Phi) is 3.68. The lowest BCUT2D eigenvalue weighted by Crippen LogP contribution is -2.12. The molecule has 1 aliphatic rings. The van der Waals surface area contributed by atoms with Crippen LogP contribution in [0.3, 0.4) is 0 Å². The molecule has 2 rings (SSSR count). The van der Waals surface area contributed by atoms with Gasteiger partial charge < -0.3 is 14.3 Å². The summed E-state index contributed by atoms with van der Waals surface area (Å²) in [7, 11) is 1.60. The maximum absolute atomic E-state index is 5.41. The highest BCUT2D eigenvalue weighted by Gasteiger charge is 2.21. The molecule has 0 aliphatic carbocycles. The molecule has 1 aliphatic heterocycles. The van der Waals surface area contributed by atoms with E-state index in [1.165, 1.54) is 5.56 Å². The van der Waals surface area contributed by atoms with Gasteiger partial charge in [0.05, 0.1) is 11.6 Å². The number of ether oxygens (including phenoxy) is 2. The Morgan fingerprint density at radius 1 is 1.50 bits per heavy atom. The molecule has 1 heterocycles. The third-order valence-corrected chi connectivity index (χ3v) is 3.40. The summed E-state index contributed by atoms with van der Waals surface area (Å²) < 4.78 is 11.8. The highest BCUT2D eigenvalue weighted by molar-refractivity contribution is 9.10. The molecule has 1 aromatic carbocycles. The average Bonchev–Trinajstić information content (AvgIpc) is 2.75. The van der Waals surface area contributed by atoms with Crippen molar-refractivity contribution in [2.45, 2.75) is 19.9 Å². The van der Waals surface area contributed by atoms with Crippen LogP contribution in [0.2, 0.25) is 0 Å². The first-order chi connectivity index (χ1) is 7.77. The lowest BCUT2D eigenvalue weighted by molar-refractivity contribution is 0.0865. The molecule has 0 fully saturated rings. The van der Waals surface area contributed by atoms with Crippen LogP contribution in [0, 0.1) is 0 Å². The molecule has 4 nitrogen and oxygen atoms in total. The van der Waals surface area contributed by atoms with Crippen LogP contribution in [-0.4, -0.2) is 13.9 Å². The quantitative estimate of drug-likeness (QED) is 0.864. The minimum atomic E-state index is 0.290. The molecule has 1 aromatic rings. The number of rotatable bonds is 4. The van der Waals surface area contributed by atoms with Crippen LogP contribution in [0.1, 0.15) is 18.1 Å². The second kappa shape index (κ2) is 5.03. The van der Waals surface area contributed by atoms with Gasteiger partial charge in [0, 0.05) is 6.54 Å². The Bertz CT molecular complexity index is 395. The number of fused-ring (bicyclic) bond motifs is 1. The van der Waals surface area contributed by atoms with E-state index in [2.05, 4.69) is 28.3 Å². The van der Waals surface area contributed by atoms with E-state index in [4.69, 9.17) is 14.3 Å². The van der Waals surface area contributed by atoms with E-state index >= 15 is 0 Å². The predicted molar refractivity (Wildman–Crippen MR) is 63.5 cm³/mol. The first-order valence-corrected chi connectivity index (χ1v) is 5.93. The van der Waals surface area contributed by atoms with Crippen LogP contribution in [0.4, 0.5) is 0 Å². The summed E-state index contributed by atoms with van der Waals surface area (Å²) in [6.45, 7) is 3.05. The molecule has 0 bridgehead atoms. The van der Waals surface area contributed by atoms with Gasteiger partial charge in [-0.2, -0.15) is 5.48 Å². The summed E-state index contributed by atoms with van der Waals surface area (Å²) >= 11 is 3.56. The first kappa shape index (κ1) is 11.7. The molecule has 88 valence electrons. The maximum Gasteiger partial charge on any atom is 0.231 e. The molecule has 1 N–H and O–H groups in total. The molecule has 0 saturated heterocycles. The monoisotopic (exact) mass is 287 g/mol. The number of nitrogens with one attached hydrogen (secondary N) is 1. The van der Waals surface area contributed by atoms with E-state index in [9.17, 15) is 0 Å². The highest BCUT2D eigenvalue weighted by Crippen LogP contribution is 2.43. The Hall–Kier alpha value is -0.780. The van der Waals surface area contributed by atoms with Gasteiger partial charge in [0.2, 0.25) is 6.79 Å². The van der Waals surface area contributed by atoms with Crippen molar-refractivity contribution >= 4 is 15.9 Å². The summed E-state index contributed by atoms with van der Waals surface area (Å²) in [6.07, 6.45) is 0.929. The van der Waals surface area contributed by atoms with Gasteiger partial charge in [0.25, 0.3) is 0 Å². The van der Waals surface area contributed by atoms with E-state index in [-0.39, 0.29) is 6.79 Å². The van der Waals surface area contributed by atoms with E-state index in [0.29, 0.717) is 6.54 Å². The van der Waals surface area contributed by atoms with Gasteiger partial charge in [-0.15, -0.1) is 0 Å². The van der Waals surface area contributed by atoms with Crippen molar-refractivity contribution < 1.29 is 14.3 Å². The van der Waals surface area contributed by atoms with Crippen molar-refractivity contribution in [1.82, 2.24) is 5.48 Å². The van der Waals surface area contributed by atoms with Crippen LogP contribution >= 0.6 is 15.9 Å². The first-order valence-electron chi connectivity index (χ1n) is 5.13. The lowest BCUT2D eigenvalue weighted by Gasteiger charge is -2.12. The fourth-order valence-electron chi connectivity index (χ4n) is 1.78. The van der Waals surface area contributed by atoms with Crippen molar-refractivity contribution in [2.24, 2.45) is 0 Å². The van der Waals surface area contributed by atoms with Gasteiger partial charge in [0.1, 0.15) is 0 Å². The summed E-state index contributed by atoms with van der Waals surface area (Å²) in [5.41, 5.74) is 5.21. The van der Waals surface area contributed by atoms with Crippen LogP contribution in [0.25, 0.3) is 0 Å². The van der Waals surface area contributed by atoms with Crippen LogP contribution in [0.5, 0.6) is 11.5 Å². The minimum Gasteiger partial charge on any atom is -0.454 e. The van der Waals surface area contributed by atoms with E-state index in [1.807, 2.05) is 6.07 Å². The second-order valence-corrected chi connectivity index (χ2v) is 4.23. The highest BCUT2D eigenvalue weighted by atomic mass is 79.9. The number of hydroxylamine groups is 1. The van der Waals surface area contributed by atoms with Crippen LogP contribution in [0.15, 0.2) is 10.5 Å². The third-order valence-electron chi connectivity index (χ3n) is 2.56. The second-order valence-electron chi connectivity index (χ2n) is 3.44. The zero-order valence-corrected chi connectivity index (χ0v) is 10.9. The Balaban J connectivity index is 2.39. The Morgan fingerprint density at radius 3 is 3.00 bits per heavy atom. The number of hydrogen-bond acceptors (Lipinski definition) is 4. The standard InChI is InChI=1S/C11H14BrNO3/c1-3-8-7(5-13-14-2)4-9-11(10(8)12)16-6-15-9/h4,13H,3,5-6H2,1-2H3. The largest absolute Gasteiger partial charge is 0.454 e. The molecular weight excluding hydrogens is 274 g/mol. The van der Waals surface area contributed by atoms with Crippen molar-refractivity contribution in [3.63, 3.8) is 0 Å². The maximum atomic E-state index is 5.41. The molecule has 0 atom stereocenters. The van der Waals surface area contributed by atoms with E-state index < -0.39 is 0 Å². The van der Waals surface area contributed by atoms with Gasteiger partial charge in [-0.05, 0) is 39.5 Å². The molecule has 16 heavy (non-hydrogen) atoms. The number of benzene rings is 1. The topological polar surface area (TPSA) is 39.7 Å². The van der Waals surface area contributed by atoms with Crippen molar-refractivity contribution in [2.75, 3.05) is 13.9 Å². The van der Waals surface area contributed by atoms with Gasteiger partial charge >= 0.3 is 0 Å². The zero-order chi connectivity index (χ0) is 11.5. The van der Waals surface area contributed by atoms with Gasteiger partial charge in [-0.25, -0.2) is 0 Å². The fourth-order valence-corrected chi connectivity index (χ4v) is 2.63.